The predicted molar refractivity (Wildman–Crippen MR) is 68.9 cm³/mol. The Morgan fingerprint density at radius 1 is 1.29 bits per heavy atom. The summed E-state index contributed by atoms with van der Waals surface area (Å²) in [5.41, 5.74) is 3.90. The molecule has 0 aliphatic carbocycles. The molecule has 0 aromatic heterocycles. The zero-order valence-electron chi connectivity index (χ0n) is 11.1. The van der Waals surface area contributed by atoms with Crippen molar-refractivity contribution in [3.05, 3.63) is 34.9 Å². The van der Waals surface area contributed by atoms with E-state index in [0.29, 0.717) is 6.42 Å². The summed E-state index contributed by atoms with van der Waals surface area (Å²) < 4.78 is 4.62. The molecule has 94 valence electrons. The monoisotopic (exact) mass is 235 g/mol. The molecule has 0 amide bonds. The number of carbonyl (C=O) groups is 1. The minimum atomic E-state index is -0.156. The Bertz CT molecular complexity index is 388. The molecule has 1 aromatic rings. The highest BCUT2D eigenvalue weighted by Crippen LogP contribution is 2.11. The Labute approximate surface area is 103 Å². The molecule has 17 heavy (non-hydrogen) atoms. The summed E-state index contributed by atoms with van der Waals surface area (Å²) in [4.78, 5) is 13.1. The van der Waals surface area contributed by atoms with Gasteiger partial charge in [0.15, 0.2) is 0 Å². The van der Waals surface area contributed by atoms with E-state index >= 15 is 0 Å². The first kappa shape index (κ1) is 13.7. The van der Waals surface area contributed by atoms with Crippen LogP contribution < -0.4 is 0 Å². The van der Waals surface area contributed by atoms with Gasteiger partial charge in [-0.3, -0.25) is 4.79 Å². The third kappa shape index (κ3) is 4.57. The van der Waals surface area contributed by atoms with Gasteiger partial charge in [0.05, 0.1) is 13.5 Å². The number of nitrogens with zero attached hydrogens (tertiary/aromatic N) is 1. The summed E-state index contributed by atoms with van der Waals surface area (Å²) in [6.07, 6.45) is 0.442. The molecule has 0 N–H and O–H groups in total. The maximum atomic E-state index is 11.0. The summed E-state index contributed by atoms with van der Waals surface area (Å²) in [6.45, 7) is 5.81. The second-order valence-corrected chi connectivity index (χ2v) is 4.48. The van der Waals surface area contributed by atoms with Crippen LogP contribution >= 0.6 is 0 Å². The third-order valence-corrected chi connectivity index (χ3v) is 2.95. The zero-order chi connectivity index (χ0) is 12.8. The highest BCUT2D eigenvalue weighted by molar-refractivity contribution is 5.69. The van der Waals surface area contributed by atoms with Crippen molar-refractivity contribution < 1.29 is 9.53 Å². The third-order valence-electron chi connectivity index (χ3n) is 2.95. The first-order valence-electron chi connectivity index (χ1n) is 5.84. The van der Waals surface area contributed by atoms with E-state index in [1.807, 2.05) is 7.05 Å². The van der Waals surface area contributed by atoms with Crippen LogP contribution in [0.1, 0.15) is 23.1 Å². The first-order chi connectivity index (χ1) is 8.02. The topological polar surface area (TPSA) is 29.5 Å². The van der Waals surface area contributed by atoms with Crippen molar-refractivity contribution >= 4 is 5.97 Å². The van der Waals surface area contributed by atoms with Crippen LogP contribution in [0.25, 0.3) is 0 Å². The Morgan fingerprint density at radius 2 is 2.00 bits per heavy atom. The molecule has 0 atom stereocenters. The highest BCUT2D eigenvalue weighted by Gasteiger charge is 2.05. The van der Waals surface area contributed by atoms with Crippen molar-refractivity contribution in [2.45, 2.75) is 26.8 Å². The van der Waals surface area contributed by atoms with Gasteiger partial charge >= 0.3 is 5.97 Å². The molecule has 0 saturated carbocycles. The van der Waals surface area contributed by atoms with Gasteiger partial charge < -0.3 is 9.64 Å². The number of esters is 1. The van der Waals surface area contributed by atoms with Crippen molar-refractivity contribution in [3.8, 4) is 0 Å². The summed E-state index contributed by atoms with van der Waals surface area (Å²) in [5, 5.41) is 0. The molecule has 0 heterocycles. The van der Waals surface area contributed by atoms with Crippen LogP contribution in [0.5, 0.6) is 0 Å². The van der Waals surface area contributed by atoms with E-state index in [-0.39, 0.29) is 5.97 Å². The molecular formula is C14H21NO2. The maximum Gasteiger partial charge on any atom is 0.306 e. The number of carbonyl (C=O) groups excluding carboxylic acids is 1. The minimum Gasteiger partial charge on any atom is -0.469 e. The standard InChI is InChI=1S/C14H21NO2/c1-11-5-6-13(9-12(11)2)10-15(3)8-7-14(16)17-4/h5-6,9H,7-8,10H2,1-4H3. The molecule has 0 fully saturated rings. The molecule has 3 nitrogen and oxygen atoms in total. The summed E-state index contributed by atoms with van der Waals surface area (Å²) in [6, 6.07) is 6.47. The fourth-order valence-electron chi connectivity index (χ4n) is 1.68. The zero-order valence-corrected chi connectivity index (χ0v) is 11.1. The number of methoxy groups -OCH3 is 1. The second kappa shape index (κ2) is 6.40. The van der Waals surface area contributed by atoms with Crippen LogP contribution in [0.4, 0.5) is 0 Å². The molecular weight excluding hydrogens is 214 g/mol. The van der Waals surface area contributed by atoms with E-state index in [2.05, 4.69) is 41.7 Å². The number of ether oxygens (including phenoxy) is 1. The lowest BCUT2D eigenvalue weighted by Crippen LogP contribution is -2.21. The molecule has 0 spiro atoms. The van der Waals surface area contributed by atoms with Crippen LogP contribution in [0.3, 0.4) is 0 Å². The molecule has 0 unspecified atom stereocenters. The Balaban J connectivity index is 2.47. The van der Waals surface area contributed by atoms with Gasteiger partial charge in [-0.05, 0) is 37.6 Å². The lowest BCUT2D eigenvalue weighted by molar-refractivity contribution is -0.140. The number of hydrogen-bond acceptors (Lipinski definition) is 3. The van der Waals surface area contributed by atoms with E-state index in [0.717, 1.165) is 13.1 Å². The van der Waals surface area contributed by atoms with E-state index < -0.39 is 0 Å². The van der Waals surface area contributed by atoms with E-state index in [9.17, 15) is 4.79 Å². The smallest absolute Gasteiger partial charge is 0.306 e. The maximum absolute atomic E-state index is 11.0. The van der Waals surface area contributed by atoms with E-state index in [1.54, 1.807) is 0 Å². The lowest BCUT2D eigenvalue weighted by atomic mass is 10.1. The second-order valence-electron chi connectivity index (χ2n) is 4.48. The van der Waals surface area contributed by atoms with Gasteiger partial charge in [-0.15, -0.1) is 0 Å². The van der Waals surface area contributed by atoms with Crippen LogP contribution in [0.15, 0.2) is 18.2 Å². The molecule has 1 aromatic carbocycles. The molecule has 0 bridgehead atoms. The molecule has 0 radical (unpaired) electrons. The molecule has 0 saturated heterocycles. The van der Waals surface area contributed by atoms with Gasteiger partial charge in [0.2, 0.25) is 0 Å². The van der Waals surface area contributed by atoms with Crippen molar-refractivity contribution in [1.29, 1.82) is 0 Å². The number of benzene rings is 1. The largest absolute Gasteiger partial charge is 0.469 e. The van der Waals surface area contributed by atoms with Crippen molar-refractivity contribution in [3.63, 3.8) is 0 Å². The highest BCUT2D eigenvalue weighted by atomic mass is 16.5. The van der Waals surface area contributed by atoms with E-state index in [1.165, 1.54) is 23.8 Å². The summed E-state index contributed by atoms with van der Waals surface area (Å²) in [5.74, 6) is -0.156. The molecule has 0 aliphatic rings. The van der Waals surface area contributed by atoms with Crippen molar-refractivity contribution in [1.82, 2.24) is 4.90 Å². The lowest BCUT2D eigenvalue weighted by Gasteiger charge is -2.16. The summed E-state index contributed by atoms with van der Waals surface area (Å²) >= 11 is 0. The van der Waals surface area contributed by atoms with Gasteiger partial charge in [-0.1, -0.05) is 18.2 Å². The fourth-order valence-corrected chi connectivity index (χ4v) is 1.68. The first-order valence-corrected chi connectivity index (χ1v) is 5.84. The average Bonchev–Trinajstić information content (AvgIpc) is 2.31. The molecule has 3 heteroatoms. The van der Waals surface area contributed by atoms with Crippen molar-refractivity contribution in [2.75, 3.05) is 20.7 Å². The average molecular weight is 235 g/mol. The fraction of sp³-hybridized carbons (Fsp3) is 0.500. The molecule has 0 aliphatic heterocycles. The Kier molecular flexibility index (Phi) is 5.16. The number of rotatable bonds is 5. The number of hydrogen-bond donors (Lipinski definition) is 0. The Morgan fingerprint density at radius 3 is 2.59 bits per heavy atom. The van der Waals surface area contributed by atoms with Gasteiger partial charge in [-0.2, -0.15) is 0 Å². The van der Waals surface area contributed by atoms with E-state index in [4.69, 9.17) is 0 Å². The summed E-state index contributed by atoms with van der Waals surface area (Å²) in [7, 11) is 3.43. The number of aryl methyl sites for hydroxylation is 2. The SMILES string of the molecule is COC(=O)CCN(C)Cc1ccc(C)c(C)c1. The van der Waals surface area contributed by atoms with Crippen molar-refractivity contribution in [2.24, 2.45) is 0 Å². The van der Waals surface area contributed by atoms with Crippen LogP contribution in [-0.2, 0) is 16.1 Å². The van der Waals surface area contributed by atoms with Gasteiger partial charge in [0.25, 0.3) is 0 Å². The quantitative estimate of drug-likeness (QED) is 0.733. The minimum absolute atomic E-state index is 0.156. The van der Waals surface area contributed by atoms with Gasteiger partial charge in [0.1, 0.15) is 0 Å². The van der Waals surface area contributed by atoms with Gasteiger partial charge in [-0.25, -0.2) is 0 Å². The van der Waals surface area contributed by atoms with Crippen LogP contribution in [0, 0.1) is 13.8 Å². The molecule has 1 rings (SSSR count). The predicted octanol–water partition coefficient (Wildman–Crippen LogP) is 2.30. The van der Waals surface area contributed by atoms with Crippen LogP contribution in [-0.4, -0.2) is 31.6 Å². The van der Waals surface area contributed by atoms with Gasteiger partial charge in [0, 0.05) is 13.1 Å². The normalized spacial score (nSPS) is 10.6. The van der Waals surface area contributed by atoms with Crippen LogP contribution in [0.2, 0.25) is 0 Å². The Hall–Kier alpha value is -1.35.